The van der Waals surface area contributed by atoms with Gasteiger partial charge in [-0.15, -0.1) is 0 Å². The van der Waals surface area contributed by atoms with Crippen LogP contribution in [0.25, 0.3) is 0 Å². The summed E-state index contributed by atoms with van der Waals surface area (Å²) in [7, 11) is 0. The van der Waals surface area contributed by atoms with E-state index >= 15 is 0 Å². The Morgan fingerprint density at radius 3 is 1.00 bits per heavy atom. The van der Waals surface area contributed by atoms with Crippen molar-refractivity contribution >= 4 is 25.8 Å². The van der Waals surface area contributed by atoms with E-state index in [9.17, 15) is 0 Å². The molecule has 7 radical (unpaired) electrons. The van der Waals surface area contributed by atoms with Gasteiger partial charge in [0.25, 0.3) is 0 Å². The first-order valence-corrected chi connectivity index (χ1v) is 0. The van der Waals surface area contributed by atoms with Crippen LogP contribution in [0.3, 0.4) is 0 Å². The van der Waals surface area contributed by atoms with Crippen molar-refractivity contribution in [2.24, 2.45) is 0 Å². The minimum Gasteiger partial charge on any atom is 0 e. The Kier molecular flexibility index (Phi) is 115. The second-order valence-corrected chi connectivity index (χ2v) is 0. The van der Waals surface area contributed by atoms with Crippen molar-refractivity contribution in [2.75, 3.05) is 0 Å². The maximum Gasteiger partial charge on any atom is 0 e. The molecule has 0 N–H and O–H groups in total. The molecule has 0 atom stereocenters. The molecule has 0 aromatic carbocycles. The van der Waals surface area contributed by atoms with E-state index < -0.39 is 0 Å². The molecule has 4 heavy (non-hydrogen) atoms. The van der Waals surface area contributed by atoms with E-state index in [1.807, 2.05) is 0 Å². The third kappa shape index (κ3) is 8.90. The van der Waals surface area contributed by atoms with Gasteiger partial charge in [0.1, 0.15) is 0 Å². The second kappa shape index (κ2) is 16.6. The first-order chi connectivity index (χ1) is 0. The Balaban J connectivity index is 0. The van der Waals surface area contributed by atoms with Gasteiger partial charge in [0, 0.05) is 99.3 Å². The number of hydrogen-bond donors (Lipinski definition) is 0. The first kappa shape index (κ1) is 27.7. The van der Waals surface area contributed by atoms with Crippen molar-refractivity contribution in [2.45, 2.75) is 0 Å². The first-order valence-electron chi connectivity index (χ1n) is 0. The van der Waals surface area contributed by atoms with Gasteiger partial charge in [-0.05, 0) is 0 Å². The van der Waals surface area contributed by atoms with Crippen LogP contribution in [-0.2, 0) is 32.7 Å². The molecular weight excluding hydrogens is 271 g/mol. The van der Waals surface area contributed by atoms with E-state index in [1.165, 1.54) is 0 Å². The van der Waals surface area contributed by atoms with Gasteiger partial charge in [-0.2, -0.15) is 0 Å². The van der Waals surface area contributed by atoms with Gasteiger partial charge in [0.15, 0.2) is 0 Å². The predicted molar refractivity (Wildman–Crippen MR) is 11.5 cm³/mol. The van der Waals surface area contributed by atoms with Gasteiger partial charge < -0.3 is 0 Å². The predicted octanol–water partition coefficient (Wildman–Crippen LogP) is -0.764. The smallest absolute Gasteiger partial charge is 0 e. The summed E-state index contributed by atoms with van der Waals surface area (Å²) in [5, 5.41) is 0. The summed E-state index contributed by atoms with van der Waals surface area (Å²) in [6.07, 6.45) is 0. The van der Waals surface area contributed by atoms with Crippen LogP contribution in [-0.4, -0.2) is 25.8 Å². The minimum atomic E-state index is 0. The Bertz CT molecular complexity index is 8.00. The molecule has 0 amide bonds. The number of hydrogen-bond acceptors (Lipinski definition) is 0. The molecule has 0 heterocycles. The maximum absolute atomic E-state index is 0. The summed E-state index contributed by atoms with van der Waals surface area (Å²) in [5.41, 5.74) is 0. The Morgan fingerprint density at radius 2 is 1.00 bits per heavy atom. The van der Waals surface area contributed by atoms with Crippen molar-refractivity contribution in [1.82, 2.24) is 0 Å². The van der Waals surface area contributed by atoms with Crippen molar-refractivity contribution < 1.29 is 73.5 Å². The van der Waals surface area contributed by atoms with Crippen molar-refractivity contribution in [3.63, 3.8) is 0 Å². The van der Waals surface area contributed by atoms with E-state index in [4.69, 9.17) is 0 Å². The van der Waals surface area contributed by atoms with Crippen LogP contribution in [0.1, 0.15) is 0 Å². The summed E-state index contributed by atoms with van der Waals surface area (Å²) in [6.45, 7) is 0. The van der Waals surface area contributed by atoms with Gasteiger partial charge in [-0.3, -0.25) is 0 Å². The summed E-state index contributed by atoms with van der Waals surface area (Å²) in [4.78, 5) is 0. The fourth-order valence-corrected chi connectivity index (χ4v) is 0. The average molecular weight is 271 g/mol. The van der Waals surface area contributed by atoms with Crippen LogP contribution < -0.4 is 0 Å². The summed E-state index contributed by atoms with van der Waals surface area (Å²) >= 11 is 0. The van der Waals surface area contributed by atoms with E-state index in [1.54, 1.807) is 0 Å². The molecule has 0 nitrogen and oxygen atoms in total. The van der Waals surface area contributed by atoms with Crippen molar-refractivity contribution in [1.29, 1.82) is 0 Å². The molecule has 0 bridgehead atoms. The van der Waals surface area contributed by atoms with E-state index in [-0.39, 0.29) is 99.3 Å². The second-order valence-electron chi connectivity index (χ2n) is 0. The quantitative estimate of drug-likeness (QED) is 0.508. The van der Waals surface area contributed by atoms with Gasteiger partial charge in [-0.25, -0.2) is 0 Å². The summed E-state index contributed by atoms with van der Waals surface area (Å²) < 4.78 is 0. The topological polar surface area (TPSA) is 0 Å². The Labute approximate surface area is 97.0 Å². The fourth-order valence-electron chi connectivity index (χ4n) is 0. The molecule has 0 aliphatic carbocycles. The van der Waals surface area contributed by atoms with E-state index in [2.05, 4.69) is 0 Å². The monoisotopic (exact) mass is 269 g/mol. The van der Waals surface area contributed by atoms with Gasteiger partial charge in [-0.1, -0.05) is 0 Å². The van der Waals surface area contributed by atoms with E-state index in [0.717, 1.165) is 0 Å². The molecule has 0 saturated heterocycles. The largest absolute Gasteiger partial charge is 0 e. The van der Waals surface area contributed by atoms with E-state index in [0.29, 0.717) is 0 Å². The van der Waals surface area contributed by atoms with Crippen LogP contribution >= 0.6 is 0 Å². The molecule has 0 aromatic heterocycles. The summed E-state index contributed by atoms with van der Waals surface area (Å²) in [5.74, 6) is 0. The third-order valence-corrected chi connectivity index (χ3v) is 0. The van der Waals surface area contributed by atoms with Crippen LogP contribution in [0.2, 0.25) is 0 Å². The average Bonchev–Trinajstić information content (AvgIpc) is 0. The number of rotatable bonds is 0. The molecule has 0 unspecified atom stereocenters. The molecular formula is AlBNdY. The molecule has 0 aromatic rings. The fraction of sp³-hybridized carbons (Fsp3) is 0. The summed E-state index contributed by atoms with van der Waals surface area (Å²) in [6, 6.07) is 0. The van der Waals surface area contributed by atoms with Gasteiger partial charge in [0.2, 0.25) is 0 Å². The maximum atomic E-state index is 0. The SMILES string of the molecule is [Al].[B].[Nd].[Y]. The normalized spacial score (nSPS) is 0. The van der Waals surface area contributed by atoms with Crippen LogP contribution in [0.5, 0.6) is 0 Å². The molecule has 0 fully saturated rings. The Hall–Kier alpha value is 3.05. The van der Waals surface area contributed by atoms with Crippen LogP contribution in [0, 0.1) is 40.8 Å². The van der Waals surface area contributed by atoms with Crippen molar-refractivity contribution in [3.05, 3.63) is 0 Å². The molecule has 0 aliphatic rings. The van der Waals surface area contributed by atoms with Gasteiger partial charge in [0.05, 0.1) is 0 Å². The van der Waals surface area contributed by atoms with Gasteiger partial charge >= 0.3 is 0 Å². The molecule has 4 heteroatoms. The molecule has 13 valence electrons. The third-order valence-electron chi connectivity index (χ3n) is 0. The molecule has 0 aliphatic heterocycles. The minimum absolute atomic E-state index is 0. The van der Waals surface area contributed by atoms with Crippen LogP contribution in [0.15, 0.2) is 0 Å². The zero-order chi connectivity index (χ0) is 0. The van der Waals surface area contributed by atoms with Crippen molar-refractivity contribution in [3.8, 4) is 0 Å². The standard InChI is InChI=1S/Al.B.Nd.Y. The Morgan fingerprint density at radius 1 is 1.00 bits per heavy atom. The zero-order valence-corrected chi connectivity index (χ0v) is 9.43. The molecule has 0 saturated carbocycles. The van der Waals surface area contributed by atoms with Crippen LogP contribution in [0.4, 0.5) is 0 Å². The molecule has 0 rings (SSSR count). The zero-order valence-electron chi connectivity index (χ0n) is 2.23. The molecule has 0 spiro atoms.